The highest BCUT2D eigenvalue weighted by molar-refractivity contribution is 7.20. The number of carbonyl (C=O) groups is 1. The smallest absolute Gasteiger partial charge is 0.346 e. The van der Waals surface area contributed by atoms with Gasteiger partial charge < -0.3 is 15.2 Å². The Balaban J connectivity index is 2.18. The fourth-order valence-corrected chi connectivity index (χ4v) is 3.31. The van der Waals surface area contributed by atoms with Gasteiger partial charge in [-0.15, -0.1) is 11.3 Å². The Bertz CT molecular complexity index is 914. The number of aryl methyl sites for hydroxylation is 1. The van der Waals surface area contributed by atoms with Crippen molar-refractivity contribution in [2.24, 2.45) is 0 Å². The van der Waals surface area contributed by atoms with Gasteiger partial charge in [0.1, 0.15) is 21.6 Å². The van der Waals surface area contributed by atoms with E-state index in [9.17, 15) is 14.7 Å². The number of fused-ring (bicyclic) bond motifs is 1. The summed E-state index contributed by atoms with van der Waals surface area (Å²) >= 11 is 0.931. The molecule has 0 spiro atoms. The summed E-state index contributed by atoms with van der Waals surface area (Å²) in [6.45, 7) is 1.58. The number of thiophene rings is 1. The fourth-order valence-electron chi connectivity index (χ4n) is 2.29. The van der Waals surface area contributed by atoms with Crippen LogP contribution in [0.3, 0.4) is 0 Å². The van der Waals surface area contributed by atoms with E-state index in [-0.39, 0.29) is 16.1 Å². The molecule has 0 saturated heterocycles. The Morgan fingerprint density at radius 3 is 2.64 bits per heavy atom. The number of aromatic nitrogens is 2. The highest BCUT2D eigenvalue weighted by atomic mass is 32.1. The monoisotopic (exact) mass is 316 g/mol. The quantitative estimate of drug-likeness (QED) is 0.686. The average molecular weight is 316 g/mol. The minimum atomic E-state index is -1.09. The van der Waals surface area contributed by atoms with E-state index in [0.29, 0.717) is 16.0 Å². The summed E-state index contributed by atoms with van der Waals surface area (Å²) in [5.41, 5.74) is 0.537. The second kappa shape index (κ2) is 5.36. The molecule has 2 aromatic heterocycles. The average Bonchev–Trinajstić information content (AvgIpc) is 2.85. The van der Waals surface area contributed by atoms with Crippen molar-refractivity contribution in [2.45, 2.75) is 13.0 Å². The summed E-state index contributed by atoms with van der Waals surface area (Å²) in [4.78, 5) is 30.5. The summed E-state index contributed by atoms with van der Waals surface area (Å²) in [6.07, 6.45) is -1.08. The maximum Gasteiger partial charge on any atom is 0.346 e. The molecule has 0 amide bonds. The third-order valence-electron chi connectivity index (χ3n) is 3.39. The molecular formula is C15H12N2O4S. The van der Waals surface area contributed by atoms with Gasteiger partial charge >= 0.3 is 5.97 Å². The Morgan fingerprint density at radius 1 is 1.32 bits per heavy atom. The van der Waals surface area contributed by atoms with Crippen LogP contribution in [0.5, 0.6) is 0 Å². The summed E-state index contributed by atoms with van der Waals surface area (Å²) in [5.74, 6) is -0.994. The first-order chi connectivity index (χ1) is 10.5. The highest BCUT2D eigenvalue weighted by Gasteiger charge is 2.21. The van der Waals surface area contributed by atoms with E-state index in [0.717, 1.165) is 11.3 Å². The number of rotatable bonds is 3. The number of aliphatic hydroxyl groups excluding tert-OH is 1. The summed E-state index contributed by atoms with van der Waals surface area (Å²) in [5, 5.41) is 19.7. The van der Waals surface area contributed by atoms with E-state index in [1.54, 1.807) is 31.2 Å². The van der Waals surface area contributed by atoms with Crippen LogP contribution in [-0.4, -0.2) is 26.2 Å². The first kappa shape index (κ1) is 14.4. The van der Waals surface area contributed by atoms with Crippen LogP contribution in [0.15, 0.2) is 35.1 Å². The molecule has 0 radical (unpaired) electrons. The number of aliphatic hydroxyl groups is 1. The number of H-pyrrole nitrogens is 1. The first-order valence-electron chi connectivity index (χ1n) is 6.48. The Labute approximate surface area is 128 Å². The van der Waals surface area contributed by atoms with Crippen LogP contribution in [-0.2, 0) is 0 Å². The van der Waals surface area contributed by atoms with Crippen LogP contribution in [0.1, 0.15) is 32.7 Å². The molecule has 0 aliphatic carbocycles. The third kappa shape index (κ3) is 2.30. The van der Waals surface area contributed by atoms with Crippen LogP contribution in [0, 0.1) is 6.92 Å². The largest absolute Gasteiger partial charge is 0.477 e. The van der Waals surface area contributed by atoms with Crippen molar-refractivity contribution in [3.8, 4) is 0 Å². The van der Waals surface area contributed by atoms with Gasteiger partial charge in [-0.05, 0) is 18.1 Å². The van der Waals surface area contributed by atoms with Gasteiger partial charge in [0.05, 0.1) is 5.39 Å². The molecule has 1 atom stereocenters. The molecule has 1 unspecified atom stereocenters. The molecule has 2 heterocycles. The van der Waals surface area contributed by atoms with Crippen LogP contribution in [0.2, 0.25) is 0 Å². The molecule has 7 heteroatoms. The van der Waals surface area contributed by atoms with Gasteiger partial charge in [0, 0.05) is 0 Å². The van der Waals surface area contributed by atoms with Gasteiger partial charge in [0.15, 0.2) is 0 Å². The molecule has 22 heavy (non-hydrogen) atoms. The molecule has 3 aromatic rings. The molecular weight excluding hydrogens is 304 g/mol. The second-order valence-electron chi connectivity index (χ2n) is 4.81. The molecule has 3 rings (SSSR count). The van der Waals surface area contributed by atoms with E-state index in [1.165, 1.54) is 0 Å². The zero-order valence-corrected chi connectivity index (χ0v) is 12.3. The Morgan fingerprint density at radius 2 is 2.00 bits per heavy atom. The predicted molar refractivity (Wildman–Crippen MR) is 82.4 cm³/mol. The lowest BCUT2D eigenvalue weighted by Crippen LogP contribution is -2.15. The van der Waals surface area contributed by atoms with Gasteiger partial charge in [-0.25, -0.2) is 9.78 Å². The number of aromatic carboxylic acids is 1. The molecule has 0 bridgehead atoms. The predicted octanol–water partition coefficient (Wildman–Crippen LogP) is 2.07. The number of hydrogen-bond acceptors (Lipinski definition) is 5. The second-order valence-corrected chi connectivity index (χ2v) is 5.80. The van der Waals surface area contributed by atoms with Crippen LogP contribution in [0.25, 0.3) is 10.2 Å². The third-order valence-corrected chi connectivity index (χ3v) is 4.56. The van der Waals surface area contributed by atoms with Crippen molar-refractivity contribution < 1.29 is 15.0 Å². The molecule has 112 valence electrons. The van der Waals surface area contributed by atoms with Crippen LogP contribution < -0.4 is 5.56 Å². The number of hydrogen-bond donors (Lipinski definition) is 3. The normalized spacial score (nSPS) is 12.5. The van der Waals surface area contributed by atoms with E-state index in [2.05, 4.69) is 9.97 Å². The Hall–Kier alpha value is -2.51. The van der Waals surface area contributed by atoms with Crippen molar-refractivity contribution in [3.63, 3.8) is 0 Å². The van der Waals surface area contributed by atoms with E-state index >= 15 is 0 Å². The molecule has 6 nitrogen and oxygen atoms in total. The first-order valence-corrected chi connectivity index (χ1v) is 7.30. The maximum absolute atomic E-state index is 12.2. The van der Waals surface area contributed by atoms with Gasteiger partial charge in [-0.2, -0.15) is 0 Å². The Kier molecular flexibility index (Phi) is 3.51. The van der Waals surface area contributed by atoms with E-state index < -0.39 is 17.6 Å². The number of nitrogens with zero attached hydrogens (tertiary/aromatic N) is 1. The molecule has 0 aliphatic heterocycles. The van der Waals surface area contributed by atoms with Crippen molar-refractivity contribution in [3.05, 3.63) is 62.5 Å². The van der Waals surface area contributed by atoms with Gasteiger partial charge in [0.25, 0.3) is 5.56 Å². The number of carboxylic acids is 1. The number of nitrogens with one attached hydrogen (secondary N) is 1. The lowest BCUT2D eigenvalue weighted by molar-refractivity contribution is 0.0701. The van der Waals surface area contributed by atoms with Gasteiger partial charge in [0.2, 0.25) is 0 Å². The summed E-state index contributed by atoms with van der Waals surface area (Å²) in [7, 11) is 0. The minimum Gasteiger partial charge on any atom is -0.477 e. The van der Waals surface area contributed by atoms with Crippen LogP contribution >= 0.6 is 11.3 Å². The lowest BCUT2D eigenvalue weighted by atomic mass is 10.1. The van der Waals surface area contributed by atoms with Crippen molar-refractivity contribution in [1.29, 1.82) is 0 Å². The maximum atomic E-state index is 12.2. The van der Waals surface area contributed by atoms with Crippen molar-refractivity contribution in [1.82, 2.24) is 9.97 Å². The minimum absolute atomic E-state index is 0.0827. The van der Waals surface area contributed by atoms with E-state index in [1.807, 2.05) is 6.07 Å². The standard InChI is InChI=1S/C15H12N2O4S/c1-7-9-13(19)16-12(10(18)8-5-3-2-4-6-8)17-14(9)22-11(7)15(20)21/h2-6,10,18H,1H3,(H,20,21)(H,16,17,19). The molecule has 1 aromatic carbocycles. The zero-order valence-electron chi connectivity index (χ0n) is 11.5. The van der Waals surface area contributed by atoms with Gasteiger partial charge in [-0.3, -0.25) is 4.79 Å². The molecule has 0 saturated carbocycles. The van der Waals surface area contributed by atoms with Crippen molar-refractivity contribution >= 4 is 27.5 Å². The van der Waals surface area contributed by atoms with Crippen molar-refractivity contribution in [2.75, 3.05) is 0 Å². The van der Waals surface area contributed by atoms with Gasteiger partial charge in [-0.1, -0.05) is 30.3 Å². The number of aromatic amines is 1. The molecule has 3 N–H and O–H groups in total. The number of benzene rings is 1. The fraction of sp³-hybridized carbons (Fsp3) is 0.133. The lowest BCUT2D eigenvalue weighted by Gasteiger charge is -2.09. The summed E-state index contributed by atoms with van der Waals surface area (Å²) < 4.78 is 0. The molecule has 0 fully saturated rings. The highest BCUT2D eigenvalue weighted by Crippen LogP contribution is 2.28. The zero-order chi connectivity index (χ0) is 15.9. The van der Waals surface area contributed by atoms with Crippen LogP contribution in [0.4, 0.5) is 0 Å². The van der Waals surface area contributed by atoms with E-state index in [4.69, 9.17) is 5.11 Å². The molecule has 0 aliphatic rings. The summed E-state index contributed by atoms with van der Waals surface area (Å²) in [6, 6.07) is 8.80. The number of carboxylic acid groups (broad SMARTS) is 1. The SMILES string of the molecule is Cc1c(C(=O)O)sc2nc(C(O)c3ccccc3)[nH]c(=O)c12. The topological polar surface area (TPSA) is 103 Å².